The van der Waals surface area contributed by atoms with Gasteiger partial charge in [-0.05, 0) is 66.7 Å². The van der Waals surface area contributed by atoms with Crippen LogP contribution in [-0.4, -0.2) is 6.54 Å². The van der Waals surface area contributed by atoms with Crippen LogP contribution in [0.5, 0.6) is 0 Å². The van der Waals surface area contributed by atoms with E-state index >= 15 is 0 Å². The molecule has 1 nitrogen and oxygen atoms in total. The summed E-state index contributed by atoms with van der Waals surface area (Å²) in [6, 6.07) is 7.85. The lowest BCUT2D eigenvalue weighted by molar-refractivity contribution is 0.425. The normalized spacial score (nSPS) is 29.2. The van der Waals surface area contributed by atoms with Crippen LogP contribution in [0.2, 0.25) is 0 Å². The van der Waals surface area contributed by atoms with Gasteiger partial charge in [-0.1, -0.05) is 45.4 Å². The molecular weight excluding hydrogens is 242 g/mol. The molecule has 1 N–H and O–H groups in total. The van der Waals surface area contributed by atoms with Crippen molar-refractivity contribution < 1.29 is 0 Å². The SMILES string of the molecule is CCNC(c1ccc(CC)c(CC)c1)C1C2CCCC21. The number of hydrogen-bond acceptors (Lipinski definition) is 1. The maximum absolute atomic E-state index is 3.78. The number of nitrogens with one attached hydrogen (secondary N) is 1. The highest BCUT2D eigenvalue weighted by Gasteiger charge is 2.55. The molecule has 0 saturated heterocycles. The lowest BCUT2D eigenvalue weighted by atomic mass is 9.92. The summed E-state index contributed by atoms with van der Waals surface area (Å²) in [4.78, 5) is 0. The fraction of sp³-hybridized carbons (Fsp3) is 0.684. The molecule has 0 spiro atoms. The van der Waals surface area contributed by atoms with Crippen molar-refractivity contribution in [3.63, 3.8) is 0 Å². The van der Waals surface area contributed by atoms with Crippen LogP contribution in [-0.2, 0) is 12.8 Å². The van der Waals surface area contributed by atoms with Gasteiger partial charge in [0.2, 0.25) is 0 Å². The van der Waals surface area contributed by atoms with Crippen molar-refractivity contribution in [3.8, 4) is 0 Å². The lowest BCUT2D eigenvalue weighted by Crippen LogP contribution is -2.24. The van der Waals surface area contributed by atoms with Crippen LogP contribution >= 0.6 is 0 Å². The van der Waals surface area contributed by atoms with E-state index in [2.05, 4.69) is 44.3 Å². The Hall–Kier alpha value is -0.820. The molecule has 1 aromatic rings. The Kier molecular flexibility index (Phi) is 4.16. The van der Waals surface area contributed by atoms with Crippen LogP contribution in [0.3, 0.4) is 0 Å². The molecular formula is C19H29N. The van der Waals surface area contributed by atoms with E-state index < -0.39 is 0 Å². The number of fused-ring (bicyclic) bond motifs is 1. The molecule has 2 fully saturated rings. The second-order valence-electron chi connectivity index (χ2n) is 6.61. The molecule has 0 aromatic heterocycles. The minimum atomic E-state index is 0.603. The van der Waals surface area contributed by atoms with Crippen molar-refractivity contribution in [2.45, 2.75) is 58.9 Å². The first-order chi connectivity index (χ1) is 9.80. The minimum Gasteiger partial charge on any atom is -0.310 e. The van der Waals surface area contributed by atoms with Gasteiger partial charge >= 0.3 is 0 Å². The molecule has 0 amide bonds. The number of benzene rings is 1. The van der Waals surface area contributed by atoms with Crippen molar-refractivity contribution in [3.05, 3.63) is 34.9 Å². The van der Waals surface area contributed by atoms with Crippen LogP contribution in [0.15, 0.2) is 18.2 Å². The molecule has 3 atom stereocenters. The van der Waals surface area contributed by atoms with Crippen LogP contribution in [0.4, 0.5) is 0 Å². The molecule has 3 rings (SSSR count). The smallest absolute Gasteiger partial charge is 0.0354 e. The third-order valence-corrected chi connectivity index (χ3v) is 5.63. The van der Waals surface area contributed by atoms with Gasteiger partial charge in [-0.25, -0.2) is 0 Å². The molecule has 2 aliphatic carbocycles. The number of aryl methyl sites for hydroxylation is 2. The van der Waals surface area contributed by atoms with Gasteiger partial charge in [0.05, 0.1) is 0 Å². The van der Waals surface area contributed by atoms with Crippen molar-refractivity contribution in [1.29, 1.82) is 0 Å². The highest BCUT2D eigenvalue weighted by molar-refractivity contribution is 5.35. The minimum absolute atomic E-state index is 0.603. The Morgan fingerprint density at radius 3 is 2.35 bits per heavy atom. The molecule has 0 aliphatic heterocycles. The molecule has 0 heterocycles. The number of rotatable bonds is 6. The van der Waals surface area contributed by atoms with E-state index in [0.29, 0.717) is 6.04 Å². The largest absolute Gasteiger partial charge is 0.310 e. The van der Waals surface area contributed by atoms with Gasteiger partial charge in [-0.15, -0.1) is 0 Å². The molecule has 2 saturated carbocycles. The second kappa shape index (κ2) is 5.89. The van der Waals surface area contributed by atoms with Crippen LogP contribution in [0, 0.1) is 17.8 Å². The van der Waals surface area contributed by atoms with Gasteiger partial charge in [-0.3, -0.25) is 0 Å². The average molecular weight is 271 g/mol. The predicted octanol–water partition coefficient (Wildman–Crippen LogP) is 4.51. The van der Waals surface area contributed by atoms with Crippen LogP contribution in [0.25, 0.3) is 0 Å². The highest BCUT2D eigenvalue weighted by Crippen LogP contribution is 2.62. The van der Waals surface area contributed by atoms with E-state index in [0.717, 1.165) is 37.1 Å². The monoisotopic (exact) mass is 271 g/mol. The van der Waals surface area contributed by atoms with E-state index in [1.807, 2.05) is 0 Å². The summed E-state index contributed by atoms with van der Waals surface area (Å²) < 4.78 is 0. The first-order valence-electron chi connectivity index (χ1n) is 8.65. The lowest BCUT2D eigenvalue weighted by Gasteiger charge is -2.22. The third-order valence-electron chi connectivity index (χ3n) is 5.63. The maximum Gasteiger partial charge on any atom is 0.0354 e. The Morgan fingerprint density at radius 2 is 1.75 bits per heavy atom. The molecule has 110 valence electrons. The molecule has 3 unspecified atom stereocenters. The Labute approximate surface area is 124 Å². The van der Waals surface area contributed by atoms with E-state index in [-0.39, 0.29) is 0 Å². The third kappa shape index (κ3) is 2.41. The molecule has 0 radical (unpaired) electrons. The van der Waals surface area contributed by atoms with Crippen molar-refractivity contribution in [2.24, 2.45) is 17.8 Å². The summed E-state index contributed by atoms with van der Waals surface area (Å²) >= 11 is 0. The van der Waals surface area contributed by atoms with Gasteiger partial charge < -0.3 is 5.32 Å². The zero-order valence-corrected chi connectivity index (χ0v) is 13.3. The number of hydrogen-bond donors (Lipinski definition) is 1. The van der Waals surface area contributed by atoms with Crippen molar-refractivity contribution in [2.75, 3.05) is 6.54 Å². The van der Waals surface area contributed by atoms with E-state index in [1.165, 1.54) is 24.8 Å². The summed E-state index contributed by atoms with van der Waals surface area (Å²) in [7, 11) is 0. The van der Waals surface area contributed by atoms with Crippen molar-refractivity contribution in [1.82, 2.24) is 5.32 Å². The zero-order valence-electron chi connectivity index (χ0n) is 13.3. The van der Waals surface area contributed by atoms with Crippen LogP contribution < -0.4 is 5.32 Å². The molecule has 0 bridgehead atoms. The topological polar surface area (TPSA) is 12.0 Å². The standard InChI is InChI=1S/C19H29N/c1-4-13-10-11-15(12-14(13)5-2)19(20-6-3)18-16-8-7-9-17(16)18/h10-12,16-20H,4-9H2,1-3H3. The van der Waals surface area contributed by atoms with E-state index in [9.17, 15) is 0 Å². The summed E-state index contributed by atoms with van der Waals surface area (Å²) in [6.07, 6.45) is 6.74. The van der Waals surface area contributed by atoms with E-state index in [4.69, 9.17) is 0 Å². The van der Waals surface area contributed by atoms with Gasteiger partial charge in [0.25, 0.3) is 0 Å². The average Bonchev–Trinajstić information content (AvgIpc) is 2.94. The Bertz CT molecular complexity index is 455. The second-order valence-corrected chi connectivity index (χ2v) is 6.61. The molecule has 2 aliphatic rings. The summed E-state index contributed by atoms with van der Waals surface area (Å²) in [6.45, 7) is 7.87. The summed E-state index contributed by atoms with van der Waals surface area (Å²) in [5.74, 6) is 2.96. The maximum atomic E-state index is 3.78. The van der Waals surface area contributed by atoms with Gasteiger partial charge in [0, 0.05) is 6.04 Å². The van der Waals surface area contributed by atoms with Crippen molar-refractivity contribution >= 4 is 0 Å². The fourth-order valence-electron chi connectivity index (χ4n) is 4.58. The fourth-order valence-corrected chi connectivity index (χ4v) is 4.58. The molecule has 1 heteroatoms. The zero-order chi connectivity index (χ0) is 14.1. The Morgan fingerprint density at radius 1 is 1.05 bits per heavy atom. The highest BCUT2D eigenvalue weighted by atomic mass is 14.9. The first-order valence-corrected chi connectivity index (χ1v) is 8.65. The summed E-state index contributed by atoms with van der Waals surface area (Å²) in [5.41, 5.74) is 4.63. The quantitative estimate of drug-likeness (QED) is 0.803. The van der Waals surface area contributed by atoms with Gasteiger partial charge in [0.15, 0.2) is 0 Å². The van der Waals surface area contributed by atoms with Gasteiger partial charge in [-0.2, -0.15) is 0 Å². The van der Waals surface area contributed by atoms with Crippen LogP contribution in [0.1, 0.15) is 62.8 Å². The summed E-state index contributed by atoms with van der Waals surface area (Å²) in [5, 5.41) is 3.78. The van der Waals surface area contributed by atoms with E-state index in [1.54, 1.807) is 11.1 Å². The first kappa shape index (κ1) is 14.1. The molecule has 1 aromatic carbocycles. The Balaban J connectivity index is 1.84. The van der Waals surface area contributed by atoms with Gasteiger partial charge in [0.1, 0.15) is 0 Å². The molecule has 20 heavy (non-hydrogen) atoms. The predicted molar refractivity (Wildman–Crippen MR) is 85.9 cm³/mol.